The average Bonchev–Trinajstić information content (AvgIpc) is 3.04. The molecule has 0 saturated carbocycles. The molecule has 0 spiro atoms. The molecule has 25 heavy (non-hydrogen) atoms. The van der Waals surface area contributed by atoms with Crippen molar-refractivity contribution in [2.24, 2.45) is 5.92 Å². The molecule has 1 aliphatic rings. The molecule has 1 aromatic carbocycles. The van der Waals surface area contributed by atoms with E-state index in [0.29, 0.717) is 13.0 Å². The van der Waals surface area contributed by atoms with E-state index in [0.717, 1.165) is 43.6 Å². The molecule has 2 amide bonds. The molecule has 134 valence electrons. The van der Waals surface area contributed by atoms with Gasteiger partial charge in [-0.2, -0.15) is 0 Å². The van der Waals surface area contributed by atoms with Crippen molar-refractivity contribution in [2.45, 2.75) is 46.1 Å². The first-order valence-corrected chi connectivity index (χ1v) is 9.30. The molecule has 1 aromatic heterocycles. The Morgan fingerprint density at radius 3 is 2.84 bits per heavy atom. The van der Waals surface area contributed by atoms with Gasteiger partial charge in [0, 0.05) is 37.9 Å². The predicted molar refractivity (Wildman–Crippen MR) is 100 cm³/mol. The smallest absolute Gasteiger partial charge is 0.229 e. The van der Waals surface area contributed by atoms with Gasteiger partial charge in [0.05, 0.1) is 11.4 Å². The Hall–Kier alpha value is -2.30. The number of nitrogens with zero attached hydrogens (tertiary/aromatic N) is 2. The van der Waals surface area contributed by atoms with Crippen LogP contribution in [0.1, 0.15) is 39.5 Å². The van der Waals surface area contributed by atoms with Crippen LogP contribution in [0.5, 0.6) is 0 Å². The second-order valence-corrected chi connectivity index (χ2v) is 6.80. The Bertz CT molecular complexity index is 765. The summed E-state index contributed by atoms with van der Waals surface area (Å²) in [6, 6.07) is 8.14. The number of likely N-dealkylation sites (tertiary alicyclic amines) is 1. The predicted octanol–water partition coefficient (Wildman–Crippen LogP) is 3.64. The van der Waals surface area contributed by atoms with Gasteiger partial charge in [-0.05, 0) is 42.8 Å². The summed E-state index contributed by atoms with van der Waals surface area (Å²) in [5.41, 5.74) is 1.97. The van der Waals surface area contributed by atoms with Crippen LogP contribution in [0.4, 0.5) is 5.69 Å². The Kier molecular flexibility index (Phi) is 5.41. The molecular formula is C20H27N3O2. The molecule has 0 bridgehead atoms. The summed E-state index contributed by atoms with van der Waals surface area (Å²) in [5.74, 6) is 0.0280. The molecule has 2 heterocycles. The summed E-state index contributed by atoms with van der Waals surface area (Å²) in [5, 5.41) is 4.23. The van der Waals surface area contributed by atoms with Crippen molar-refractivity contribution in [3.8, 4) is 0 Å². The quantitative estimate of drug-likeness (QED) is 0.903. The van der Waals surface area contributed by atoms with Gasteiger partial charge >= 0.3 is 0 Å². The normalized spacial score (nSPS) is 17.7. The molecule has 0 aliphatic carbocycles. The minimum atomic E-state index is -0.123. The number of aromatic nitrogens is 1. The van der Waals surface area contributed by atoms with Crippen LogP contribution < -0.4 is 5.32 Å². The van der Waals surface area contributed by atoms with E-state index in [-0.39, 0.29) is 17.7 Å². The number of aryl methyl sites for hydroxylation is 1. The zero-order chi connectivity index (χ0) is 17.8. The fraction of sp³-hybridized carbons (Fsp3) is 0.500. The first-order chi connectivity index (χ1) is 12.1. The Balaban J connectivity index is 1.71. The van der Waals surface area contributed by atoms with E-state index in [9.17, 15) is 9.59 Å². The van der Waals surface area contributed by atoms with Crippen LogP contribution in [0, 0.1) is 5.92 Å². The molecule has 1 atom stereocenters. The Morgan fingerprint density at radius 2 is 2.08 bits per heavy atom. The van der Waals surface area contributed by atoms with Crippen molar-refractivity contribution in [2.75, 3.05) is 18.4 Å². The number of carbonyl (C=O) groups is 2. The summed E-state index contributed by atoms with van der Waals surface area (Å²) in [6.07, 6.45) is 5.40. The van der Waals surface area contributed by atoms with E-state index in [4.69, 9.17) is 0 Å². The van der Waals surface area contributed by atoms with Crippen LogP contribution in [-0.2, 0) is 16.1 Å². The molecule has 5 nitrogen and oxygen atoms in total. The van der Waals surface area contributed by atoms with E-state index in [1.807, 2.05) is 30.0 Å². The number of hydrogen-bond acceptors (Lipinski definition) is 2. The van der Waals surface area contributed by atoms with Gasteiger partial charge in [0.1, 0.15) is 0 Å². The number of anilines is 1. The van der Waals surface area contributed by atoms with Gasteiger partial charge in [0.15, 0.2) is 0 Å². The van der Waals surface area contributed by atoms with Crippen molar-refractivity contribution in [1.29, 1.82) is 0 Å². The second-order valence-electron chi connectivity index (χ2n) is 6.80. The Morgan fingerprint density at radius 1 is 1.24 bits per heavy atom. The number of fused-ring (bicyclic) bond motifs is 1. The maximum Gasteiger partial charge on any atom is 0.229 e. The standard InChI is InChI=1S/C20H27N3O2/c1-3-10-22-12-9-15-7-8-17(13-18(15)22)21-20(25)16-6-5-11-23(14-16)19(24)4-2/h7-9,12-13,16H,3-6,10-11,14H2,1-2H3,(H,21,25). The largest absolute Gasteiger partial charge is 0.347 e. The number of hydrogen-bond donors (Lipinski definition) is 1. The minimum absolute atomic E-state index is 0.0153. The molecular weight excluding hydrogens is 314 g/mol. The highest BCUT2D eigenvalue weighted by Gasteiger charge is 2.27. The third-order valence-corrected chi connectivity index (χ3v) is 4.95. The number of nitrogens with one attached hydrogen (secondary N) is 1. The molecule has 1 saturated heterocycles. The van der Waals surface area contributed by atoms with Crippen molar-refractivity contribution in [3.05, 3.63) is 30.5 Å². The minimum Gasteiger partial charge on any atom is -0.347 e. The summed E-state index contributed by atoms with van der Waals surface area (Å²) in [6.45, 7) is 6.30. The zero-order valence-corrected chi connectivity index (χ0v) is 15.1. The lowest BCUT2D eigenvalue weighted by Crippen LogP contribution is -2.43. The van der Waals surface area contributed by atoms with E-state index in [1.165, 1.54) is 5.39 Å². The maximum absolute atomic E-state index is 12.7. The molecule has 0 radical (unpaired) electrons. The average molecular weight is 341 g/mol. The number of rotatable bonds is 5. The first-order valence-electron chi connectivity index (χ1n) is 9.30. The van der Waals surface area contributed by atoms with E-state index in [2.05, 4.69) is 29.1 Å². The van der Waals surface area contributed by atoms with Crippen LogP contribution >= 0.6 is 0 Å². The van der Waals surface area contributed by atoms with Gasteiger partial charge in [0.25, 0.3) is 0 Å². The fourth-order valence-electron chi connectivity index (χ4n) is 3.58. The van der Waals surface area contributed by atoms with Crippen molar-refractivity contribution >= 4 is 28.4 Å². The van der Waals surface area contributed by atoms with Crippen LogP contribution in [0.3, 0.4) is 0 Å². The first kappa shape index (κ1) is 17.5. The van der Waals surface area contributed by atoms with Gasteiger partial charge in [-0.25, -0.2) is 0 Å². The summed E-state index contributed by atoms with van der Waals surface area (Å²) in [4.78, 5) is 26.4. The second kappa shape index (κ2) is 7.72. The lowest BCUT2D eigenvalue weighted by atomic mass is 9.96. The molecule has 1 fully saturated rings. The van der Waals surface area contributed by atoms with E-state index >= 15 is 0 Å². The van der Waals surface area contributed by atoms with Gasteiger partial charge in [-0.1, -0.05) is 19.9 Å². The van der Waals surface area contributed by atoms with Crippen LogP contribution in [0.2, 0.25) is 0 Å². The zero-order valence-electron chi connectivity index (χ0n) is 15.1. The van der Waals surface area contributed by atoms with Crippen molar-refractivity contribution in [1.82, 2.24) is 9.47 Å². The molecule has 1 aliphatic heterocycles. The highest BCUT2D eigenvalue weighted by Crippen LogP contribution is 2.23. The lowest BCUT2D eigenvalue weighted by molar-refractivity contribution is -0.134. The van der Waals surface area contributed by atoms with Crippen LogP contribution in [0.25, 0.3) is 10.9 Å². The van der Waals surface area contributed by atoms with E-state index < -0.39 is 0 Å². The van der Waals surface area contributed by atoms with Crippen LogP contribution in [-0.4, -0.2) is 34.4 Å². The monoisotopic (exact) mass is 341 g/mol. The fourth-order valence-corrected chi connectivity index (χ4v) is 3.58. The van der Waals surface area contributed by atoms with Crippen molar-refractivity contribution in [3.63, 3.8) is 0 Å². The van der Waals surface area contributed by atoms with Crippen molar-refractivity contribution < 1.29 is 9.59 Å². The lowest BCUT2D eigenvalue weighted by Gasteiger charge is -2.31. The SMILES string of the molecule is CCCn1ccc2ccc(NC(=O)C3CCCN(C(=O)CC)C3)cc21. The van der Waals surface area contributed by atoms with Gasteiger partial charge in [-0.15, -0.1) is 0 Å². The van der Waals surface area contributed by atoms with E-state index in [1.54, 1.807) is 0 Å². The Labute approximate surface area is 149 Å². The summed E-state index contributed by atoms with van der Waals surface area (Å²) in [7, 11) is 0. The number of carbonyl (C=O) groups excluding carboxylic acids is 2. The number of amides is 2. The summed E-state index contributed by atoms with van der Waals surface area (Å²) < 4.78 is 2.22. The topological polar surface area (TPSA) is 54.3 Å². The van der Waals surface area contributed by atoms with Crippen LogP contribution in [0.15, 0.2) is 30.5 Å². The highest BCUT2D eigenvalue weighted by molar-refractivity contribution is 5.95. The molecule has 5 heteroatoms. The third-order valence-electron chi connectivity index (χ3n) is 4.95. The molecule has 2 aromatic rings. The number of piperidine rings is 1. The molecule has 3 rings (SSSR count). The molecule has 1 N–H and O–H groups in total. The maximum atomic E-state index is 12.7. The highest BCUT2D eigenvalue weighted by atomic mass is 16.2. The van der Waals surface area contributed by atoms with Gasteiger partial charge in [-0.3, -0.25) is 9.59 Å². The summed E-state index contributed by atoms with van der Waals surface area (Å²) >= 11 is 0. The third kappa shape index (κ3) is 3.86. The van der Waals surface area contributed by atoms with Gasteiger partial charge in [0.2, 0.25) is 11.8 Å². The van der Waals surface area contributed by atoms with Gasteiger partial charge < -0.3 is 14.8 Å². The number of benzene rings is 1. The molecule has 1 unspecified atom stereocenters.